The number of benzene rings is 4. The molecule has 9 rings (SSSR count). The Morgan fingerprint density at radius 3 is 1.07 bits per heavy atom. The molecule has 0 spiro atoms. The van der Waals surface area contributed by atoms with Crippen molar-refractivity contribution in [2.45, 2.75) is 39.9 Å². The Balaban J connectivity index is 1.22. The zero-order valence-corrected chi connectivity index (χ0v) is 50.3. The Labute approximate surface area is 488 Å². The number of aromatic amines is 2. The third-order valence-electron chi connectivity index (χ3n) is 14.4. The summed E-state index contributed by atoms with van der Waals surface area (Å²) in [6.07, 6.45) is -1.02. The van der Waals surface area contributed by atoms with Gasteiger partial charge in [-0.15, -0.1) is 0 Å². The fourth-order valence-corrected chi connectivity index (χ4v) is 11.1. The number of esters is 4. The summed E-state index contributed by atoms with van der Waals surface area (Å²) in [6.45, 7) is 10.2. The van der Waals surface area contributed by atoms with E-state index in [-0.39, 0.29) is 94.4 Å². The summed E-state index contributed by atoms with van der Waals surface area (Å²) in [5, 5.41) is 3.02. The minimum absolute atomic E-state index is 0.107. The number of nitrogens with one attached hydrogen (secondary N) is 2. The maximum Gasteiger partial charge on any atom is 0.361 e. The van der Waals surface area contributed by atoms with Crippen LogP contribution in [-0.2, 0) is 38.1 Å². The minimum Gasteiger partial charge on any atom is -0.479 e. The van der Waals surface area contributed by atoms with E-state index in [9.17, 15) is 19.2 Å². The van der Waals surface area contributed by atoms with Crippen molar-refractivity contribution in [2.75, 3.05) is 135 Å². The Morgan fingerprint density at radius 2 is 0.690 bits per heavy atom. The van der Waals surface area contributed by atoms with Crippen LogP contribution in [0.3, 0.4) is 0 Å². The normalized spacial score (nSPS) is 12.5. The van der Waals surface area contributed by atoms with Gasteiger partial charge in [0.15, 0.2) is 61.7 Å². The first-order valence-corrected chi connectivity index (χ1v) is 28.5. The van der Waals surface area contributed by atoms with Crippen molar-refractivity contribution in [1.82, 2.24) is 39.9 Å². The second-order valence-electron chi connectivity index (χ2n) is 23.9. The van der Waals surface area contributed by atoms with Crippen LogP contribution < -0.4 is 9.47 Å². The van der Waals surface area contributed by atoms with Crippen molar-refractivity contribution < 1.29 is 65.5 Å². The molecule has 3 aromatic heterocycles. The van der Waals surface area contributed by atoms with Crippen LogP contribution in [-0.4, -0.2) is 229 Å². The average molecular weight is 1150 g/mol. The van der Waals surface area contributed by atoms with E-state index in [4.69, 9.17) is 58.3 Å². The van der Waals surface area contributed by atoms with Gasteiger partial charge in [-0.2, -0.15) is 0 Å². The molecule has 2 N–H and O–H groups in total. The Morgan fingerprint density at radius 1 is 0.381 bits per heavy atom. The number of fused-ring (bicyclic) bond motifs is 20. The number of hydrogen-bond acceptors (Lipinski definition) is 16. The Bertz CT molecular complexity index is 3730. The number of ether oxygens (including phenoxy) is 6. The number of nitrogens with zero attached hydrogens (tertiary/aromatic N) is 10. The van der Waals surface area contributed by atoms with E-state index < -0.39 is 12.2 Å². The molecule has 442 valence electrons. The number of carbonyl (C=O) groups is 4. The third-order valence-corrected chi connectivity index (χ3v) is 14.4. The molecule has 0 atom stereocenters. The van der Waals surface area contributed by atoms with Gasteiger partial charge in [0.25, 0.3) is 0 Å². The van der Waals surface area contributed by atoms with E-state index in [1.807, 2.05) is 141 Å². The van der Waals surface area contributed by atoms with E-state index >= 15 is 0 Å². The van der Waals surface area contributed by atoms with Crippen LogP contribution in [0.25, 0.3) is 89.7 Å². The molecule has 0 radical (unpaired) electrons. The zero-order chi connectivity index (χ0) is 60.1. The molecule has 2 aliphatic heterocycles. The smallest absolute Gasteiger partial charge is 0.361 e. The van der Waals surface area contributed by atoms with E-state index in [0.717, 1.165) is 21.9 Å². The van der Waals surface area contributed by atoms with Crippen molar-refractivity contribution in [3.63, 3.8) is 0 Å². The molecule has 4 aromatic carbocycles. The summed E-state index contributed by atoms with van der Waals surface area (Å²) >= 11 is 0. The van der Waals surface area contributed by atoms with Crippen LogP contribution in [0.5, 0.6) is 11.5 Å². The highest BCUT2D eigenvalue weighted by Gasteiger charge is 2.36. The summed E-state index contributed by atoms with van der Waals surface area (Å²) in [5.74, 6) is 1.35. The number of quaternary nitrogens is 4. The molecule has 8 bridgehead atoms. The lowest BCUT2D eigenvalue weighted by Crippen LogP contribution is -2.57. The van der Waals surface area contributed by atoms with Gasteiger partial charge < -0.3 is 56.3 Å². The SMILES string of the molecule is CCOC(=O)C[N+](C)(C)CC(C[N+](C)(C)CC(=O)OCC)Oc1ccc2c(c1)-c1nc-2nc2[nH]c(nc3nc(nc4[nH]c(n1)c1ccc(OC(C[N+](C)(C)CC(=O)OCC)C[N+](C)(C)CC(=O)OCC)cc41)-c1ccccc1-3)c1ccccc21. The summed E-state index contributed by atoms with van der Waals surface area (Å²) in [4.78, 5) is 89.8. The molecular weight excluding hydrogens is 1070 g/mol. The van der Waals surface area contributed by atoms with Gasteiger partial charge >= 0.3 is 23.9 Å². The lowest BCUT2D eigenvalue weighted by atomic mass is 10.1. The number of hydrogen-bond donors (Lipinski definition) is 2. The number of aromatic nitrogens is 8. The van der Waals surface area contributed by atoms with E-state index in [2.05, 4.69) is 9.97 Å². The van der Waals surface area contributed by atoms with Crippen LogP contribution >= 0.6 is 0 Å². The first-order valence-electron chi connectivity index (χ1n) is 28.5. The topological polar surface area (TPSA) is 233 Å². The molecule has 22 heteroatoms. The number of H-pyrrole nitrogens is 2. The molecule has 0 aliphatic carbocycles. The van der Waals surface area contributed by atoms with E-state index in [0.29, 0.717) is 105 Å². The van der Waals surface area contributed by atoms with Crippen LogP contribution in [0.1, 0.15) is 27.7 Å². The van der Waals surface area contributed by atoms with Crippen molar-refractivity contribution >= 4 is 68.0 Å². The average Bonchev–Trinajstić information content (AvgIpc) is 4.35. The molecule has 0 saturated carbocycles. The lowest BCUT2D eigenvalue weighted by Gasteiger charge is -2.36. The fourth-order valence-electron chi connectivity index (χ4n) is 11.1. The van der Waals surface area contributed by atoms with Gasteiger partial charge in [-0.3, -0.25) is 0 Å². The summed E-state index contributed by atoms with van der Waals surface area (Å²) < 4.78 is 36.4. The molecule has 0 saturated heterocycles. The third kappa shape index (κ3) is 14.5. The molecule has 0 amide bonds. The van der Waals surface area contributed by atoms with Gasteiger partial charge in [-0.1, -0.05) is 48.5 Å². The van der Waals surface area contributed by atoms with Crippen LogP contribution in [0.4, 0.5) is 0 Å². The second kappa shape index (κ2) is 24.8. The van der Waals surface area contributed by atoms with E-state index in [1.54, 1.807) is 27.7 Å². The lowest BCUT2D eigenvalue weighted by molar-refractivity contribution is -0.907. The molecular formula is C62H78N12O10+4. The summed E-state index contributed by atoms with van der Waals surface area (Å²) in [6, 6.07) is 27.1. The van der Waals surface area contributed by atoms with Crippen LogP contribution in [0.2, 0.25) is 0 Å². The maximum atomic E-state index is 12.9. The van der Waals surface area contributed by atoms with Gasteiger partial charge in [0, 0.05) is 43.8 Å². The summed E-state index contributed by atoms with van der Waals surface area (Å²) in [5.41, 5.74) is 4.89. The van der Waals surface area contributed by atoms with Crippen molar-refractivity contribution in [1.29, 1.82) is 0 Å². The molecule has 0 fully saturated rings. The van der Waals surface area contributed by atoms with Crippen LogP contribution in [0.15, 0.2) is 84.9 Å². The van der Waals surface area contributed by atoms with Crippen LogP contribution in [0, 0.1) is 0 Å². The highest BCUT2D eigenvalue weighted by atomic mass is 16.5. The van der Waals surface area contributed by atoms with Crippen molar-refractivity contribution in [3.8, 4) is 57.1 Å². The predicted molar refractivity (Wildman–Crippen MR) is 319 cm³/mol. The molecule has 7 aromatic rings. The number of likely N-dealkylation sites (N-methyl/N-ethyl adjacent to an activating group) is 4. The first kappa shape index (κ1) is 60.2. The van der Waals surface area contributed by atoms with Gasteiger partial charge in [0.1, 0.15) is 60.3 Å². The van der Waals surface area contributed by atoms with Gasteiger partial charge in [0.2, 0.25) is 0 Å². The second-order valence-corrected chi connectivity index (χ2v) is 23.9. The first-order chi connectivity index (χ1) is 39.9. The van der Waals surface area contributed by atoms with Gasteiger partial charge in [-0.05, 0) is 64.1 Å². The van der Waals surface area contributed by atoms with Gasteiger partial charge in [0.05, 0.1) is 82.8 Å². The van der Waals surface area contributed by atoms with Gasteiger partial charge in [-0.25, -0.2) is 49.1 Å². The Kier molecular flexibility index (Phi) is 17.8. The van der Waals surface area contributed by atoms with Crippen molar-refractivity contribution in [2.24, 2.45) is 0 Å². The van der Waals surface area contributed by atoms with E-state index in [1.165, 1.54) is 0 Å². The molecule has 84 heavy (non-hydrogen) atoms. The van der Waals surface area contributed by atoms with Crippen molar-refractivity contribution in [3.05, 3.63) is 84.9 Å². The fraction of sp³-hybridized carbons (Fsp3) is 0.419. The molecule has 22 nitrogen and oxygen atoms in total. The monoisotopic (exact) mass is 1150 g/mol. The highest BCUT2D eigenvalue weighted by molar-refractivity contribution is 6.06. The zero-order valence-electron chi connectivity index (χ0n) is 50.3. The largest absolute Gasteiger partial charge is 0.479 e. The quantitative estimate of drug-likeness (QED) is 0.0355. The Hall–Kier alpha value is -8.44. The number of rotatable bonds is 24. The molecule has 2 aliphatic rings. The summed E-state index contributed by atoms with van der Waals surface area (Å²) in [7, 11) is 15.6. The predicted octanol–water partition coefficient (Wildman–Crippen LogP) is 6.92. The molecule has 5 heterocycles. The maximum absolute atomic E-state index is 12.9. The number of carbonyl (C=O) groups excluding carboxylic acids is 4. The highest BCUT2D eigenvalue weighted by Crippen LogP contribution is 2.39. The molecule has 0 unspecified atom stereocenters. The standard InChI is InChI=1S/C62H78N12O10/c1-13-79-51(75)35-71(5,6)31-41(32-72(7,8)36-52(76)80-14-2)83-39-25-27-47-49(29-39)62-68-59(47)66-57-44-22-18-17-21-43(44)55(64-57)63-56-45-23-19-20-24-46(45)58(65-56)67-61-50-30-40(26-28-48(50)60(69-61)70-62)84-42(33-73(9,10)37-53(77)81-15-3)34-74(11,12)38-54(78)82-16-4/h17-30,41-42H,13-16,31-38H2,1-12H3,(H2,63,64,65,66,67,68,69,70)/q+4. The minimum atomic E-state index is -0.510.